The first-order valence-corrected chi connectivity index (χ1v) is 5.44. The molecule has 1 amide bonds. The van der Waals surface area contributed by atoms with Crippen LogP contribution in [0.15, 0.2) is 18.2 Å². The highest BCUT2D eigenvalue weighted by molar-refractivity contribution is 9.10. The number of carbonyl (C=O) groups is 1. The number of carbonyl (C=O) groups excluding carboxylic acids is 1. The highest BCUT2D eigenvalue weighted by Gasteiger charge is 2.09. The third kappa shape index (κ3) is 2.84. The van der Waals surface area contributed by atoms with E-state index in [-0.39, 0.29) is 10.7 Å². The molecule has 0 aliphatic carbocycles. The summed E-state index contributed by atoms with van der Waals surface area (Å²) in [4.78, 5) is 11.2. The van der Waals surface area contributed by atoms with Gasteiger partial charge in [0.05, 0.1) is 4.83 Å². The van der Waals surface area contributed by atoms with Gasteiger partial charge in [0.2, 0.25) is 5.91 Å². The minimum absolute atomic E-state index is 0.0167. The van der Waals surface area contributed by atoms with Crippen LogP contribution in [-0.4, -0.2) is 10.7 Å². The van der Waals surface area contributed by atoms with E-state index < -0.39 is 0 Å². The van der Waals surface area contributed by atoms with Gasteiger partial charge in [0.25, 0.3) is 0 Å². The number of halogens is 1. The van der Waals surface area contributed by atoms with Crippen LogP contribution in [0.5, 0.6) is 0 Å². The fraction of sp³-hybridized carbons (Fsp3) is 0.364. The minimum atomic E-state index is -0.164. The Bertz CT molecular complexity index is 347. The zero-order chi connectivity index (χ0) is 10.7. The van der Waals surface area contributed by atoms with Crippen molar-refractivity contribution in [1.82, 2.24) is 0 Å². The van der Waals surface area contributed by atoms with E-state index in [1.165, 1.54) is 5.56 Å². The van der Waals surface area contributed by atoms with Crippen molar-refractivity contribution < 1.29 is 4.79 Å². The SMILES string of the molecule is Cc1ccc(NC(=O)[C@@H](C)Br)c(C)c1. The molecule has 0 fully saturated rings. The summed E-state index contributed by atoms with van der Waals surface area (Å²) in [6, 6.07) is 5.97. The van der Waals surface area contributed by atoms with E-state index in [9.17, 15) is 4.79 Å². The van der Waals surface area contributed by atoms with Crippen LogP contribution in [-0.2, 0) is 4.79 Å². The first kappa shape index (κ1) is 11.2. The van der Waals surface area contributed by atoms with Crippen LogP contribution < -0.4 is 5.32 Å². The predicted molar refractivity (Wildman–Crippen MR) is 62.9 cm³/mol. The maximum atomic E-state index is 11.4. The number of hydrogen-bond acceptors (Lipinski definition) is 1. The van der Waals surface area contributed by atoms with Gasteiger partial charge < -0.3 is 5.32 Å². The second-order valence-electron chi connectivity index (χ2n) is 3.42. The van der Waals surface area contributed by atoms with Gasteiger partial charge in [0, 0.05) is 5.69 Å². The Morgan fingerprint density at radius 3 is 2.57 bits per heavy atom. The molecular weight excluding hydrogens is 242 g/mol. The van der Waals surface area contributed by atoms with Gasteiger partial charge in [-0.25, -0.2) is 0 Å². The van der Waals surface area contributed by atoms with E-state index in [0.29, 0.717) is 0 Å². The molecule has 0 unspecified atom stereocenters. The van der Waals surface area contributed by atoms with Gasteiger partial charge in [0.1, 0.15) is 0 Å². The third-order valence-electron chi connectivity index (χ3n) is 2.00. The summed E-state index contributed by atoms with van der Waals surface area (Å²) in [5.74, 6) is -0.0167. The van der Waals surface area contributed by atoms with Crippen molar-refractivity contribution in [2.75, 3.05) is 5.32 Å². The van der Waals surface area contributed by atoms with Crippen LogP contribution in [0.1, 0.15) is 18.1 Å². The molecule has 1 aromatic rings. The lowest BCUT2D eigenvalue weighted by molar-refractivity contribution is -0.115. The van der Waals surface area contributed by atoms with Crippen LogP contribution in [0, 0.1) is 13.8 Å². The van der Waals surface area contributed by atoms with Gasteiger partial charge in [-0.05, 0) is 32.4 Å². The topological polar surface area (TPSA) is 29.1 Å². The van der Waals surface area contributed by atoms with Crippen LogP contribution in [0.3, 0.4) is 0 Å². The van der Waals surface area contributed by atoms with Gasteiger partial charge in [-0.2, -0.15) is 0 Å². The zero-order valence-corrected chi connectivity index (χ0v) is 10.2. The van der Waals surface area contributed by atoms with Gasteiger partial charge in [0.15, 0.2) is 0 Å². The van der Waals surface area contributed by atoms with E-state index >= 15 is 0 Å². The highest BCUT2D eigenvalue weighted by atomic mass is 79.9. The van der Waals surface area contributed by atoms with Gasteiger partial charge in [-0.1, -0.05) is 33.6 Å². The number of hydrogen-bond donors (Lipinski definition) is 1. The van der Waals surface area contributed by atoms with E-state index in [1.807, 2.05) is 26.0 Å². The van der Waals surface area contributed by atoms with Crippen molar-refractivity contribution in [3.05, 3.63) is 29.3 Å². The van der Waals surface area contributed by atoms with Gasteiger partial charge in [-0.15, -0.1) is 0 Å². The lowest BCUT2D eigenvalue weighted by Gasteiger charge is -2.09. The Balaban J connectivity index is 2.82. The molecule has 1 atom stereocenters. The zero-order valence-electron chi connectivity index (χ0n) is 8.60. The summed E-state index contributed by atoms with van der Waals surface area (Å²) in [6.45, 7) is 5.83. The molecule has 14 heavy (non-hydrogen) atoms. The molecule has 0 saturated heterocycles. The highest BCUT2D eigenvalue weighted by Crippen LogP contribution is 2.16. The normalized spacial score (nSPS) is 12.3. The van der Waals surface area contributed by atoms with Crippen molar-refractivity contribution in [3.63, 3.8) is 0 Å². The number of alkyl halides is 1. The second kappa shape index (κ2) is 4.60. The Labute approximate surface area is 92.8 Å². The van der Waals surface area contributed by atoms with Crippen LogP contribution in [0.2, 0.25) is 0 Å². The molecular formula is C11H14BrNO. The summed E-state index contributed by atoms with van der Waals surface area (Å²) in [7, 11) is 0. The molecule has 1 aromatic carbocycles. The molecule has 76 valence electrons. The molecule has 0 bridgehead atoms. The fourth-order valence-electron chi connectivity index (χ4n) is 1.19. The quantitative estimate of drug-likeness (QED) is 0.809. The molecule has 0 radical (unpaired) electrons. The molecule has 0 heterocycles. The molecule has 0 aromatic heterocycles. The van der Waals surface area contributed by atoms with Crippen LogP contribution >= 0.6 is 15.9 Å². The number of rotatable bonds is 2. The van der Waals surface area contributed by atoms with E-state index in [1.54, 1.807) is 6.92 Å². The van der Waals surface area contributed by atoms with Crippen LogP contribution in [0.4, 0.5) is 5.69 Å². The van der Waals surface area contributed by atoms with Gasteiger partial charge in [-0.3, -0.25) is 4.79 Å². The first-order chi connectivity index (χ1) is 6.50. The lowest BCUT2D eigenvalue weighted by Crippen LogP contribution is -2.20. The summed E-state index contributed by atoms with van der Waals surface area (Å²) >= 11 is 3.22. The summed E-state index contributed by atoms with van der Waals surface area (Å²) < 4.78 is 0. The summed E-state index contributed by atoms with van der Waals surface area (Å²) in [5, 5.41) is 2.85. The van der Waals surface area contributed by atoms with Crippen molar-refractivity contribution in [2.45, 2.75) is 25.6 Å². The average Bonchev–Trinajstić information content (AvgIpc) is 2.09. The molecule has 0 saturated carbocycles. The Morgan fingerprint density at radius 1 is 1.43 bits per heavy atom. The number of benzene rings is 1. The lowest BCUT2D eigenvalue weighted by atomic mass is 10.1. The van der Waals surface area contributed by atoms with Crippen LogP contribution in [0.25, 0.3) is 0 Å². The largest absolute Gasteiger partial charge is 0.325 e. The molecule has 0 aliphatic heterocycles. The number of nitrogens with one attached hydrogen (secondary N) is 1. The molecule has 1 rings (SSSR count). The summed E-state index contributed by atoms with van der Waals surface area (Å²) in [5.41, 5.74) is 3.17. The predicted octanol–water partition coefficient (Wildman–Crippen LogP) is 3.03. The Kier molecular flexibility index (Phi) is 3.69. The van der Waals surface area contributed by atoms with E-state index in [0.717, 1.165) is 11.3 Å². The van der Waals surface area contributed by atoms with E-state index in [4.69, 9.17) is 0 Å². The van der Waals surface area contributed by atoms with Crippen molar-refractivity contribution in [1.29, 1.82) is 0 Å². The average molecular weight is 256 g/mol. The molecule has 0 aliphatic rings. The third-order valence-corrected chi connectivity index (χ3v) is 2.42. The first-order valence-electron chi connectivity index (χ1n) is 4.53. The van der Waals surface area contributed by atoms with Crippen molar-refractivity contribution in [3.8, 4) is 0 Å². The van der Waals surface area contributed by atoms with E-state index in [2.05, 4.69) is 27.3 Å². The molecule has 1 N–H and O–H groups in total. The standard InChI is InChI=1S/C11H14BrNO/c1-7-4-5-10(8(2)6-7)13-11(14)9(3)12/h4-6,9H,1-3H3,(H,13,14)/t9-/m1/s1. The monoisotopic (exact) mass is 255 g/mol. The molecule has 3 heteroatoms. The Hall–Kier alpha value is -0.830. The molecule has 2 nitrogen and oxygen atoms in total. The van der Waals surface area contributed by atoms with Gasteiger partial charge >= 0.3 is 0 Å². The van der Waals surface area contributed by atoms with Crippen molar-refractivity contribution in [2.24, 2.45) is 0 Å². The number of amides is 1. The maximum Gasteiger partial charge on any atom is 0.237 e. The Morgan fingerprint density at radius 2 is 2.07 bits per heavy atom. The van der Waals surface area contributed by atoms with Crippen molar-refractivity contribution >= 4 is 27.5 Å². The smallest absolute Gasteiger partial charge is 0.237 e. The second-order valence-corrected chi connectivity index (χ2v) is 4.80. The molecule has 0 spiro atoms. The number of aryl methyl sites for hydroxylation is 2. The summed E-state index contributed by atoms with van der Waals surface area (Å²) in [6.07, 6.45) is 0. The maximum absolute atomic E-state index is 11.4. The minimum Gasteiger partial charge on any atom is -0.325 e. The number of anilines is 1. The fourth-order valence-corrected chi connectivity index (χ4v) is 1.30.